The molecule has 0 bridgehead atoms. The maximum Gasteiger partial charge on any atom is 0.313 e. The molecule has 0 aliphatic heterocycles. The van der Waals surface area contributed by atoms with Crippen LogP contribution >= 0.6 is 0 Å². The molecule has 0 atom stereocenters. The van der Waals surface area contributed by atoms with E-state index >= 15 is 0 Å². The zero-order valence-corrected chi connectivity index (χ0v) is 18.6. The van der Waals surface area contributed by atoms with Crippen LogP contribution in [0.15, 0.2) is 42.6 Å². The van der Waals surface area contributed by atoms with Crippen LogP contribution < -0.4 is 15.8 Å². The zero-order valence-electron chi connectivity index (χ0n) is 18.6. The number of nitrogens with one attached hydrogen (secondary N) is 1. The highest BCUT2D eigenvalue weighted by Crippen LogP contribution is 2.29. The number of nitrogen functional groups attached to an aromatic ring is 1. The molecular formula is C24H29N3O4. The monoisotopic (exact) mass is 423 g/mol. The number of fused-ring (bicyclic) bond motifs is 1. The Labute approximate surface area is 182 Å². The van der Waals surface area contributed by atoms with E-state index in [4.69, 9.17) is 15.2 Å². The predicted octanol–water partition coefficient (Wildman–Crippen LogP) is 3.29. The van der Waals surface area contributed by atoms with Crippen LogP contribution in [0.3, 0.4) is 0 Å². The number of aryl methyl sites for hydroxylation is 1. The summed E-state index contributed by atoms with van der Waals surface area (Å²) in [5.74, 6) is -0.0306. The van der Waals surface area contributed by atoms with Crippen molar-refractivity contribution in [3.05, 3.63) is 59.3 Å². The highest BCUT2D eigenvalue weighted by atomic mass is 16.5. The normalized spacial score (nSPS) is 11.4. The second kappa shape index (κ2) is 8.71. The third-order valence-electron chi connectivity index (χ3n) is 5.46. The number of nitrogens with two attached hydrogens (primary N) is 1. The first-order valence-corrected chi connectivity index (χ1v) is 10.0. The summed E-state index contributed by atoms with van der Waals surface area (Å²) in [6, 6.07) is 11.2. The number of ether oxygens (including phenoxy) is 2. The van der Waals surface area contributed by atoms with Crippen LogP contribution in [0.2, 0.25) is 0 Å². The quantitative estimate of drug-likeness (QED) is 0.449. The summed E-state index contributed by atoms with van der Waals surface area (Å²) in [6.45, 7) is 3.61. The van der Waals surface area contributed by atoms with Gasteiger partial charge in [0.1, 0.15) is 5.75 Å². The summed E-state index contributed by atoms with van der Waals surface area (Å²) in [7, 11) is 4.92. The molecule has 31 heavy (non-hydrogen) atoms. The summed E-state index contributed by atoms with van der Waals surface area (Å²) in [6.07, 6.45) is 2.72. The van der Waals surface area contributed by atoms with E-state index in [1.165, 1.54) is 7.11 Å². The van der Waals surface area contributed by atoms with E-state index in [9.17, 15) is 9.59 Å². The number of aromatic nitrogens is 1. The Morgan fingerprint density at radius 2 is 1.84 bits per heavy atom. The molecule has 7 heteroatoms. The van der Waals surface area contributed by atoms with Crippen LogP contribution in [0.5, 0.6) is 5.75 Å². The molecule has 0 saturated heterocycles. The molecule has 2 aromatic carbocycles. The number of carbonyl (C=O) groups is 2. The molecule has 3 rings (SSSR count). The topological polar surface area (TPSA) is 95.6 Å². The van der Waals surface area contributed by atoms with Gasteiger partial charge in [-0.25, -0.2) is 0 Å². The van der Waals surface area contributed by atoms with Gasteiger partial charge in [-0.3, -0.25) is 9.59 Å². The molecule has 1 aromatic heterocycles. The zero-order chi connectivity index (χ0) is 22.8. The third-order valence-corrected chi connectivity index (χ3v) is 5.46. The number of methoxy groups -OCH3 is 2. The molecule has 0 aliphatic rings. The second-order valence-corrected chi connectivity index (χ2v) is 8.30. The van der Waals surface area contributed by atoms with Gasteiger partial charge in [-0.15, -0.1) is 0 Å². The summed E-state index contributed by atoms with van der Waals surface area (Å²) in [4.78, 5) is 24.4. The van der Waals surface area contributed by atoms with Crippen molar-refractivity contribution in [2.45, 2.75) is 20.3 Å². The SMILES string of the molecule is COC(=O)C(C)(C)CNC(=O)c1ccc(Cc2cn(C)c3ccc(N)cc23)c(OC)c1. The average Bonchev–Trinajstić information content (AvgIpc) is 3.06. The van der Waals surface area contributed by atoms with Crippen molar-refractivity contribution in [1.29, 1.82) is 0 Å². The lowest BCUT2D eigenvalue weighted by Gasteiger charge is -2.21. The van der Waals surface area contributed by atoms with Crippen molar-refractivity contribution < 1.29 is 19.1 Å². The lowest BCUT2D eigenvalue weighted by Crippen LogP contribution is -2.39. The fraction of sp³-hybridized carbons (Fsp3) is 0.333. The van der Waals surface area contributed by atoms with Crippen molar-refractivity contribution in [2.24, 2.45) is 12.5 Å². The highest BCUT2D eigenvalue weighted by molar-refractivity contribution is 5.95. The smallest absolute Gasteiger partial charge is 0.313 e. The number of nitrogens with zero attached hydrogens (tertiary/aromatic N) is 1. The lowest BCUT2D eigenvalue weighted by atomic mass is 9.93. The summed E-state index contributed by atoms with van der Waals surface area (Å²) < 4.78 is 12.4. The molecule has 0 spiro atoms. The Bertz CT molecular complexity index is 1130. The molecule has 164 valence electrons. The number of amides is 1. The molecule has 0 saturated carbocycles. The number of carbonyl (C=O) groups excluding carboxylic acids is 2. The van der Waals surface area contributed by atoms with Crippen LogP contribution in [0.25, 0.3) is 10.9 Å². The average molecular weight is 424 g/mol. The van der Waals surface area contributed by atoms with Crippen LogP contribution in [0, 0.1) is 5.41 Å². The first kappa shape index (κ1) is 22.2. The molecule has 3 N–H and O–H groups in total. The van der Waals surface area contributed by atoms with E-state index in [2.05, 4.69) is 16.1 Å². The molecule has 0 unspecified atom stereocenters. The Morgan fingerprint density at radius 1 is 1.10 bits per heavy atom. The van der Waals surface area contributed by atoms with Gasteiger partial charge in [0.05, 0.1) is 19.6 Å². The van der Waals surface area contributed by atoms with E-state index in [0.717, 1.165) is 22.0 Å². The highest BCUT2D eigenvalue weighted by Gasteiger charge is 2.29. The molecule has 0 radical (unpaired) electrons. The number of esters is 1. The fourth-order valence-electron chi connectivity index (χ4n) is 3.62. The first-order valence-electron chi connectivity index (χ1n) is 10.0. The summed E-state index contributed by atoms with van der Waals surface area (Å²) in [5, 5.41) is 3.89. The van der Waals surface area contributed by atoms with Crippen molar-refractivity contribution in [1.82, 2.24) is 9.88 Å². The maximum atomic E-state index is 12.6. The molecule has 0 aliphatic carbocycles. The second-order valence-electron chi connectivity index (χ2n) is 8.30. The minimum atomic E-state index is -0.815. The van der Waals surface area contributed by atoms with Crippen LogP contribution in [-0.4, -0.2) is 37.2 Å². The minimum absolute atomic E-state index is 0.167. The Hall–Kier alpha value is -3.48. The fourth-order valence-corrected chi connectivity index (χ4v) is 3.62. The van der Waals surface area contributed by atoms with E-state index in [1.54, 1.807) is 33.1 Å². The van der Waals surface area contributed by atoms with Gasteiger partial charge in [0.25, 0.3) is 5.91 Å². The van der Waals surface area contributed by atoms with E-state index in [0.29, 0.717) is 23.4 Å². The van der Waals surface area contributed by atoms with Gasteiger partial charge in [0.15, 0.2) is 0 Å². The van der Waals surface area contributed by atoms with Crippen LogP contribution in [0.1, 0.15) is 35.3 Å². The molecule has 0 fully saturated rings. The lowest BCUT2D eigenvalue weighted by molar-refractivity contribution is -0.150. The Balaban J connectivity index is 1.82. The first-order chi connectivity index (χ1) is 14.7. The Morgan fingerprint density at radius 3 is 2.52 bits per heavy atom. The largest absolute Gasteiger partial charge is 0.496 e. The summed E-state index contributed by atoms with van der Waals surface area (Å²) >= 11 is 0. The minimum Gasteiger partial charge on any atom is -0.496 e. The molecule has 7 nitrogen and oxygen atoms in total. The Kier molecular flexibility index (Phi) is 6.24. The van der Waals surface area contributed by atoms with Gasteiger partial charge >= 0.3 is 5.97 Å². The van der Waals surface area contributed by atoms with Crippen molar-refractivity contribution in [3.63, 3.8) is 0 Å². The number of rotatable bonds is 7. The van der Waals surface area contributed by atoms with Gasteiger partial charge in [-0.05, 0) is 55.3 Å². The predicted molar refractivity (Wildman–Crippen MR) is 121 cm³/mol. The van der Waals surface area contributed by atoms with Gasteiger partial charge in [0.2, 0.25) is 0 Å². The molecule has 1 heterocycles. The summed E-state index contributed by atoms with van der Waals surface area (Å²) in [5.41, 5.74) is 9.54. The maximum absolute atomic E-state index is 12.6. The van der Waals surface area contributed by atoms with Crippen LogP contribution in [0.4, 0.5) is 5.69 Å². The van der Waals surface area contributed by atoms with Crippen molar-refractivity contribution >= 4 is 28.5 Å². The van der Waals surface area contributed by atoms with Crippen LogP contribution in [-0.2, 0) is 23.0 Å². The van der Waals surface area contributed by atoms with Gasteiger partial charge < -0.3 is 25.1 Å². The van der Waals surface area contributed by atoms with Gasteiger partial charge in [-0.1, -0.05) is 6.07 Å². The van der Waals surface area contributed by atoms with E-state index in [-0.39, 0.29) is 18.4 Å². The number of anilines is 1. The van der Waals surface area contributed by atoms with Gasteiger partial charge in [0, 0.05) is 48.4 Å². The van der Waals surface area contributed by atoms with Crippen molar-refractivity contribution in [2.75, 3.05) is 26.5 Å². The number of hydrogen-bond acceptors (Lipinski definition) is 5. The number of hydrogen-bond donors (Lipinski definition) is 2. The third kappa shape index (κ3) is 4.66. The van der Waals surface area contributed by atoms with Gasteiger partial charge in [-0.2, -0.15) is 0 Å². The molecule has 1 amide bonds. The standard InChI is InChI=1S/C24H29N3O4/c1-24(2,23(29)31-5)14-26-22(28)16-7-6-15(21(11-16)30-4)10-17-13-27(3)20-9-8-18(25)12-19(17)20/h6-9,11-13H,10,14,25H2,1-5H3,(H,26,28). The van der Waals surface area contributed by atoms with E-state index < -0.39 is 5.41 Å². The molecule has 3 aromatic rings. The molecular weight excluding hydrogens is 394 g/mol. The van der Waals surface area contributed by atoms with Crippen molar-refractivity contribution in [3.8, 4) is 5.75 Å². The van der Waals surface area contributed by atoms with E-state index in [1.807, 2.05) is 31.3 Å². The number of benzene rings is 2.